The van der Waals surface area contributed by atoms with E-state index in [2.05, 4.69) is 24.9 Å². The Balaban J connectivity index is 1.71. The van der Waals surface area contributed by atoms with E-state index in [1.165, 1.54) is 12.1 Å². The van der Waals surface area contributed by atoms with E-state index in [1.807, 2.05) is 12.1 Å². The van der Waals surface area contributed by atoms with Crippen molar-refractivity contribution in [3.8, 4) is 22.4 Å². The molecular weight excluding hydrogens is 397 g/mol. The normalized spacial score (nSPS) is 17.5. The van der Waals surface area contributed by atoms with Crippen molar-refractivity contribution in [1.29, 1.82) is 0 Å². The summed E-state index contributed by atoms with van der Waals surface area (Å²) < 4.78 is 13.5. The number of carbonyl (C=O) groups is 1. The van der Waals surface area contributed by atoms with Crippen molar-refractivity contribution >= 4 is 29.2 Å². The largest absolute Gasteiger partial charge is 0.365 e. The van der Waals surface area contributed by atoms with Crippen molar-refractivity contribution in [2.24, 2.45) is 10.7 Å². The fraction of sp³-hybridized carbons (Fsp3) is 0.0455. The molecule has 0 radical (unpaired) electrons. The van der Waals surface area contributed by atoms with Gasteiger partial charge < -0.3 is 10.7 Å². The molecule has 0 spiro atoms. The molecule has 152 valence electrons. The van der Waals surface area contributed by atoms with E-state index in [0.717, 1.165) is 22.4 Å². The van der Waals surface area contributed by atoms with E-state index >= 15 is 0 Å². The molecule has 0 bridgehead atoms. The monoisotopic (exact) mass is 414 g/mol. The van der Waals surface area contributed by atoms with Crippen LogP contribution in [-0.2, 0) is 4.79 Å². The van der Waals surface area contributed by atoms with Gasteiger partial charge in [0.2, 0.25) is 12.2 Å². The number of amides is 1. The number of quaternary nitrogens is 1. The molecule has 1 aromatic carbocycles. The second-order valence-electron chi connectivity index (χ2n) is 7.16. The van der Waals surface area contributed by atoms with Crippen LogP contribution < -0.4 is 10.2 Å². The summed E-state index contributed by atoms with van der Waals surface area (Å²) in [6.45, 7) is -0.00289. The molecule has 8 nitrogen and oxygen atoms in total. The lowest BCUT2D eigenvalue weighted by Gasteiger charge is -2.24. The highest BCUT2D eigenvalue weighted by molar-refractivity contribution is 6.00. The van der Waals surface area contributed by atoms with Crippen LogP contribution in [-0.4, -0.2) is 38.7 Å². The van der Waals surface area contributed by atoms with Crippen LogP contribution in [0.15, 0.2) is 72.4 Å². The number of aliphatic imine (C=N–C) groups is 1. The summed E-state index contributed by atoms with van der Waals surface area (Å²) in [4.78, 5) is 32.5. The Hall–Kier alpha value is -4.24. The van der Waals surface area contributed by atoms with E-state index in [0.29, 0.717) is 17.0 Å². The zero-order chi connectivity index (χ0) is 21.4. The number of H-pyrrole nitrogens is 1. The fourth-order valence-corrected chi connectivity index (χ4v) is 3.75. The molecule has 9 heteroatoms. The van der Waals surface area contributed by atoms with Crippen LogP contribution in [0.4, 0.5) is 10.2 Å². The molecule has 5 rings (SSSR count). The van der Waals surface area contributed by atoms with Crippen LogP contribution in [0.2, 0.25) is 0 Å². The number of hydrogen-bond donors (Lipinski definition) is 2. The maximum absolute atomic E-state index is 13.5. The van der Waals surface area contributed by atoms with Crippen molar-refractivity contribution in [3.05, 3.63) is 73.2 Å². The third-order valence-electron chi connectivity index (χ3n) is 5.13. The Morgan fingerprint density at radius 3 is 2.58 bits per heavy atom. The van der Waals surface area contributed by atoms with Gasteiger partial charge in [0.25, 0.3) is 5.91 Å². The first-order chi connectivity index (χ1) is 15.1. The van der Waals surface area contributed by atoms with Crippen molar-refractivity contribution < 1.29 is 9.18 Å². The predicted molar refractivity (Wildman–Crippen MR) is 116 cm³/mol. The highest BCUT2D eigenvalue weighted by Gasteiger charge is 2.33. The lowest BCUT2D eigenvalue weighted by Crippen LogP contribution is -2.47. The van der Waals surface area contributed by atoms with Gasteiger partial charge in [0, 0.05) is 35.8 Å². The third kappa shape index (κ3) is 3.26. The molecule has 0 aliphatic carbocycles. The highest BCUT2D eigenvalue weighted by atomic mass is 19.1. The Bertz CT molecular complexity index is 1350. The van der Waals surface area contributed by atoms with Gasteiger partial charge in [0.1, 0.15) is 17.5 Å². The van der Waals surface area contributed by atoms with Crippen LogP contribution in [0.1, 0.15) is 0 Å². The minimum Gasteiger partial charge on any atom is -0.365 e. The van der Waals surface area contributed by atoms with E-state index in [9.17, 15) is 9.18 Å². The topological polar surface area (TPSA) is 110 Å². The van der Waals surface area contributed by atoms with Crippen LogP contribution in [0.3, 0.4) is 0 Å². The number of nitrogens with two attached hydrogens (primary N) is 1. The van der Waals surface area contributed by atoms with Crippen LogP contribution in [0, 0.1) is 5.82 Å². The van der Waals surface area contributed by atoms with Crippen LogP contribution in [0.5, 0.6) is 0 Å². The number of aromatic nitrogens is 4. The average Bonchev–Trinajstić information content (AvgIpc) is 3.40. The van der Waals surface area contributed by atoms with Gasteiger partial charge in [-0.1, -0.05) is 12.1 Å². The van der Waals surface area contributed by atoms with Gasteiger partial charge in [-0.2, -0.15) is 4.48 Å². The van der Waals surface area contributed by atoms with Gasteiger partial charge in [-0.05, 0) is 23.8 Å². The molecule has 1 unspecified atom stereocenters. The molecule has 4 heterocycles. The summed E-state index contributed by atoms with van der Waals surface area (Å²) in [7, 11) is 0. The number of nitrogens with one attached hydrogen (secondary N) is 1. The number of nitrogens with zero attached hydrogens (tertiary/aromatic N) is 5. The summed E-state index contributed by atoms with van der Waals surface area (Å²) in [5, 5.41) is 0. The first-order valence-electron chi connectivity index (χ1n) is 9.49. The van der Waals surface area contributed by atoms with E-state index < -0.39 is 5.91 Å². The standard InChI is InChI=1S/C22H16FN7O/c23-16-3-1-14(2-4-16)19-20(29-22-21(19)27-7-8-28-22)15-5-6-26-18(11-15)30(12-17(24)31)10-9-25-13-30/h1-11,13H,12H2,(H2-,24,26,27,28,29,31)/p+1. The van der Waals surface area contributed by atoms with Gasteiger partial charge in [0.15, 0.2) is 12.2 Å². The SMILES string of the molecule is NC(=O)C[N+]1(c2cc(-c3[nH]c4nccnc4c3-c3ccc(F)cc3)ccn2)C=CN=C1. The number of carbonyl (C=O) groups excluding carboxylic acids is 1. The van der Waals surface area contributed by atoms with Crippen LogP contribution in [0.25, 0.3) is 33.5 Å². The van der Waals surface area contributed by atoms with Gasteiger partial charge in [-0.3, -0.25) is 9.78 Å². The lowest BCUT2D eigenvalue weighted by atomic mass is 10.0. The zero-order valence-electron chi connectivity index (χ0n) is 16.2. The molecular formula is C22H17FN7O+. The number of fused-ring (bicyclic) bond motifs is 1. The molecule has 4 aromatic rings. The number of rotatable bonds is 5. The molecule has 1 amide bonds. The maximum atomic E-state index is 13.5. The molecule has 3 aromatic heterocycles. The quantitative estimate of drug-likeness (QED) is 0.489. The number of aromatic amines is 1. The summed E-state index contributed by atoms with van der Waals surface area (Å²) in [6, 6.07) is 9.93. The lowest BCUT2D eigenvalue weighted by molar-refractivity contribution is -0.117. The van der Waals surface area contributed by atoms with Crippen molar-refractivity contribution in [2.45, 2.75) is 0 Å². The third-order valence-corrected chi connectivity index (χ3v) is 5.13. The minimum absolute atomic E-state index is 0.00289. The predicted octanol–water partition coefficient (Wildman–Crippen LogP) is 3.13. The Labute approximate surface area is 176 Å². The second-order valence-corrected chi connectivity index (χ2v) is 7.16. The Morgan fingerprint density at radius 1 is 1.03 bits per heavy atom. The number of halogens is 1. The fourth-order valence-electron chi connectivity index (χ4n) is 3.75. The average molecular weight is 414 g/mol. The second kappa shape index (κ2) is 7.22. The van der Waals surface area contributed by atoms with Crippen molar-refractivity contribution in [3.63, 3.8) is 0 Å². The molecule has 0 saturated carbocycles. The highest BCUT2D eigenvalue weighted by Crippen LogP contribution is 2.38. The minimum atomic E-state index is -0.476. The molecule has 0 saturated heterocycles. The van der Waals surface area contributed by atoms with Crippen molar-refractivity contribution in [1.82, 2.24) is 24.4 Å². The summed E-state index contributed by atoms with van der Waals surface area (Å²) in [5.74, 6) is -0.213. The zero-order valence-corrected chi connectivity index (χ0v) is 16.2. The maximum Gasteiger partial charge on any atom is 0.274 e. The van der Waals surface area contributed by atoms with Crippen LogP contribution >= 0.6 is 0 Å². The number of hydrogen-bond acceptors (Lipinski definition) is 5. The van der Waals surface area contributed by atoms with Gasteiger partial charge in [0.05, 0.1) is 11.9 Å². The van der Waals surface area contributed by atoms with Gasteiger partial charge in [-0.25, -0.2) is 19.4 Å². The van der Waals surface area contributed by atoms with E-state index in [4.69, 9.17) is 5.73 Å². The smallest absolute Gasteiger partial charge is 0.274 e. The van der Waals surface area contributed by atoms with E-state index in [1.54, 1.807) is 49.5 Å². The summed E-state index contributed by atoms with van der Waals surface area (Å²) in [6.07, 6.45) is 9.86. The van der Waals surface area contributed by atoms with Gasteiger partial charge >= 0.3 is 0 Å². The van der Waals surface area contributed by atoms with E-state index in [-0.39, 0.29) is 16.8 Å². The molecule has 3 N–H and O–H groups in total. The first kappa shape index (κ1) is 18.8. The molecule has 1 atom stereocenters. The number of benzene rings is 1. The number of primary amides is 1. The Kier molecular flexibility index (Phi) is 4.37. The summed E-state index contributed by atoms with van der Waals surface area (Å²) in [5.41, 5.74) is 9.92. The summed E-state index contributed by atoms with van der Waals surface area (Å²) >= 11 is 0. The van der Waals surface area contributed by atoms with Gasteiger partial charge in [-0.15, -0.1) is 0 Å². The molecule has 0 fully saturated rings. The molecule has 31 heavy (non-hydrogen) atoms. The molecule has 1 aliphatic heterocycles. The molecule has 1 aliphatic rings. The Morgan fingerprint density at radius 2 is 1.84 bits per heavy atom. The number of pyridine rings is 1. The van der Waals surface area contributed by atoms with Crippen molar-refractivity contribution in [2.75, 3.05) is 6.54 Å². The first-order valence-corrected chi connectivity index (χ1v) is 9.49.